The minimum Gasteiger partial charge on any atom is -0.375 e. The molecule has 0 amide bonds. The van der Waals surface area contributed by atoms with Crippen LogP contribution in [0, 0.1) is 0 Å². The lowest BCUT2D eigenvalue weighted by atomic mass is 10.0. The molecule has 3 aromatic rings. The smallest absolute Gasteiger partial charge is 0.180 e. The van der Waals surface area contributed by atoms with Gasteiger partial charge in [0.15, 0.2) is 5.13 Å². The molecule has 0 saturated heterocycles. The van der Waals surface area contributed by atoms with E-state index in [2.05, 4.69) is 22.1 Å². The zero-order chi connectivity index (χ0) is 12.4. The third kappa shape index (κ3) is 2.10. The van der Waals surface area contributed by atoms with Crippen LogP contribution in [0.25, 0.3) is 22.4 Å². The average molecular weight is 253 g/mol. The van der Waals surface area contributed by atoms with Crippen LogP contribution in [0.5, 0.6) is 0 Å². The van der Waals surface area contributed by atoms with Gasteiger partial charge in [-0.25, -0.2) is 4.98 Å². The minimum atomic E-state index is 0.594. The monoisotopic (exact) mass is 253 g/mol. The lowest BCUT2D eigenvalue weighted by Crippen LogP contribution is -1.84. The zero-order valence-electron chi connectivity index (χ0n) is 9.58. The van der Waals surface area contributed by atoms with Gasteiger partial charge in [0, 0.05) is 28.9 Å². The lowest BCUT2D eigenvalue weighted by Gasteiger charge is -2.03. The average Bonchev–Trinajstić information content (AvgIpc) is 2.87. The maximum absolute atomic E-state index is 5.66. The molecule has 1 aromatic carbocycles. The molecule has 3 rings (SSSR count). The van der Waals surface area contributed by atoms with Crippen LogP contribution in [-0.4, -0.2) is 9.97 Å². The Morgan fingerprint density at radius 2 is 1.83 bits per heavy atom. The van der Waals surface area contributed by atoms with Crippen molar-refractivity contribution in [3.8, 4) is 22.4 Å². The number of hydrogen-bond acceptors (Lipinski definition) is 4. The molecule has 0 radical (unpaired) electrons. The highest BCUT2D eigenvalue weighted by Crippen LogP contribution is 2.27. The Hall–Kier alpha value is -2.20. The number of nitrogen functional groups attached to an aromatic ring is 1. The number of nitrogens with zero attached hydrogens (tertiary/aromatic N) is 2. The van der Waals surface area contributed by atoms with Crippen LogP contribution in [0.4, 0.5) is 5.13 Å². The topological polar surface area (TPSA) is 51.8 Å². The van der Waals surface area contributed by atoms with Crippen molar-refractivity contribution in [3.63, 3.8) is 0 Å². The van der Waals surface area contributed by atoms with Gasteiger partial charge in [-0.3, -0.25) is 4.98 Å². The van der Waals surface area contributed by atoms with E-state index in [1.807, 2.05) is 35.8 Å². The lowest BCUT2D eigenvalue weighted by molar-refractivity contribution is 1.33. The van der Waals surface area contributed by atoms with E-state index in [0.29, 0.717) is 5.13 Å². The highest BCUT2D eigenvalue weighted by molar-refractivity contribution is 7.13. The van der Waals surface area contributed by atoms with Crippen molar-refractivity contribution in [3.05, 3.63) is 54.2 Å². The van der Waals surface area contributed by atoms with E-state index >= 15 is 0 Å². The van der Waals surface area contributed by atoms with Gasteiger partial charge in [-0.2, -0.15) is 0 Å². The van der Waals surface area contributed by atoms with E-state index in [9.17, 15) is 0 Å². The van der Waals surface area contributed by atoms with Crippen molar-refractivity contribution in [2.45, 2.75) is 0 Å². The van der Waals surface area contributed by atoms with Gasteiger partial charge in [0.1, 0.15) is 0 Å². The fraction of sp³-hybridized carbons (Fsp3) is 0. The van der Waals surface area contributed by atoms with E-state index < -0.39 is 0 Å². The summed E-state index contributed by atoms with van der Waals surface area (Å²) in [7, 11) is 0. The largest absolute Gasteiger partial charge is 0.375 e. The van der Waals surface area contributed by atoms with E-state index in [4.69, 9.17) is 5.73 Å². The van der Waals surface area contributed by atoms with Crippen molar-refractivity contribution < 1.29 is 0 Å². The number of pyridine rings is 1. The molecule has 0 aliphatic heterocycles. The Bertz CT molecular complexity index is 662. The van der Waals surface area contributed by atoms with Gasteiger partial charge >= 0.3 is 0 Å². The van der Waals surface area contributed by atoms with Crippen molar-refractivity contribution in [1.82, 2.24) is 9.97 Å². The van der Waals surface area contributed by atoms with Crippen LogP contribution in [0.15, 0.2) is 54.2 Å². The van der Waals surface area contributed by atoms with Crippen molar-refractivity contribution in [2.75, 3.05) is 5.73 Å². The number of rotatable bonds is 2. The summed E-state index contributed by atoms with van der Waals surface area (Å²) in [5, 5.41) is 2.56. The van der Waals surface area contributed by atoms with Crippen molar-refractivity contribution in [2.24, 2.45) is 0 Å². The fourth-order valence-corrected chi connectivity index (χ4v) is 2.38. The van der Waals surface area contributed by atoms with Gasteiger partial charge in [-0.15, -0.1) is 11.3 Å². The molecule has 18 heavy (non-hydrogen) atoms. The Morgan fingerprint density at radius 3 is 2.56 bits per heavy atom. The van der Waals surface area contributed by atoms with Gasteiger partial charge in [0.25, 0.3) is 0 Å². The highest BCUT2D eigenvalue weighted by atomic mass is 32.1. The van der Waals surface area contributed by atoms with E-state index in [-0.39, 0.29) is 0 Å². The molecular weight excluding hydrogens is 242 g/mol. The first-order chi connectivity index (χ1) is 8.83. The number of anilines is 1. The normalized spacial score (nSPS) is 10.4. The summed E-state index contributed by atoms with van der Waals surface area (Å²) in [5.74, 6) is 0. The summed E-state index contributed by atoms with van der Waals surface area (Å²) in [6.07, 6.45) is 3.63. The molecule has 0 fully saturated rings. The predicted octanol–water partition coefficient (Wildman–Crippen LogP) is 3.45. The van der Waals surface area contributed by atoms with Gasteiger partial charge in [-0.05, 0) is 17.7 Å². The molecule has 3 nitrogen and oxygen atoms in total. The summed E-state index contributed by atoms with van der Waals surface area (Å²) < 4.78 is 0. The fourth-order valence-electron chi connectivity index (χ4n) is 1.81. The van der Waals surface area contributed by atoms with Gasteiger partial charge in [0.05, 0.1) is 5.69 Å². The zero-order valence-corrected chi connectivity index (χ0v) is 10.4. The Kier molecular flexibility index (Phi) is 2.78. The SMILES string of the molecule is Nc1nc(-c2cccc(-c3cccnc3)c2)cs1. The molecule has 0 atom stereocenters. The third-order valence-corrected chi connectivity index (χ3v) is 3.35. The predicted molar refractivity (Wildman–Crippen MR) is 75.2 cm³/mol. The Labute approximate surface area is 109 Å². The van der Waals surface area contributed by atoms with Crippen LogP contribution in [0.3, 0.4) is 0 Å². The number of nitrogens with two attached hydrogens (primary N) is 1. The number of thiazole rings is 1. The number of aromatic nitrogens is 2. The summed E-state index contributed by atoms with van der Waals surface area (Å²) in [4.78, 5) is 8.43. The third-order valence-electron chi connectivity index (χ3n) is 2.68. The van der Waals surface area contributed by atoms with Crippen LogP contribution in [0.1, 0.15) is 0 Å². The van der Waals surface area contributed by atoms with Gasteiger partial charge < -0.3 is 5.73 Å². The molecule has 4 heteroatoms. The van der Waals surface area contributed by atoms with Crippen molar-refractivity contribution in [1.29, 1.82) is 0 Å². The molecule has 0 spiro atoms. The second kappa shape index (κ2) is 4.58. The van der Waals surface area contributed by atoms with Gasteiger partial charge in [-0.1, -0.05) is 24.3 Å². The van der Waals surface area contributed by atoms with E-state index in [1.54, 1.807) is 6.20 Å². The second-order valence-corrected chi connectivity index (χ2v) is 4.78. The highest BCUT2D eigenvalue weighted by Gasteiger charge is 2.04. The molecule has 0 bridgehead atoms. The van der Waals surface area contributed by atoms with E-state index in [1.165, 1.54) is 11.3 Å². The summed E-state index contributed by atoms with van der Waals surface area (Å²) in [5.41, 5.74) is 9.89. The molecular formula is C14H11N3S. The van der Waals surface area contributed by atoms with Crippen molar-refractivity contribution >= 4 is 16.5 Å². The molecule has 0 saturated carbocycles. The first-order valence-corrected chi connectivity index (χ1v) is 6.43. The maximum atomic E-state index is 5.66. The quantitative estimate of drug-likeness (QED) is 0.761. The number of hydrogen-bond donors (Lipinski definition) is 1. The molecule has 2 N–H and O–H groups in total. The van der Waals surface area contributed by atoms with E-state index in [0.717, 1.165) is 22.4 Å². The molecule has 2 heterocycles. The minimum absolute atomic E-state index is 0.594. The number of benzene rings is 1. The second-order valence-electron chi connectivity index (χ2n) is 3.89. The Morgan fingerprint density at radius 1 is 1.00 bits per heavy atom. The Balaban J connectivity index is 2.05. The summed E-state index contributed by atoms with van der Waals surface area (Å²) in [6, 6.07) is 12.2. The first kappa shape index (κ1) is 10.9. The van der Waals surface area contributed by atoms with Crippen LogP contribution in [0.2, 0.25) is 0 Å². The molecule has 0 unspecified atom stereocenters. The molecule has 0 aliphatic rings. The van der Waals surface area contributed by atoms with Crippen LogP contribution in [-0.2, 0) is 0 Å². The molecule has 88 valence electrons. The maximum Gasteiger partial charge on any atom is 0.180 e. The van der Waals surface area contributed by atoms with Crippen LogP contribution >= 0.6 is 11.3 Å². The van der Waals surface area contributed by atoms with Crippen LogP contribution < -0.4 is 5.73 Å². The standard InChI is InChI=1S/C14H11N3S/c15-14-17-13(9-18-14)11-4-1-3-10(7-11)12-5-2-6-16-8-12/h1-9H,(H2,15,17). The van der Waals surface area contributed by atoms with Gasteiger partial charge in [0.2, 0.25) is 0 Å². The first-order valence-electron chi connectivity index (χ1n) is 5.55. The molecule has 2 aromatic heterocycles. The summed E-state index contributed by atoms with van der Waals surface area (Å²) >= 11 is 1.46. The summed E-state index contributed by atoms with van der Waals surface area (Å²) in [6.45, 7) is 0. The molecule has 0 aliphatic carbocycles.